The number of amides is 1. The molecule has 0 atom stereocenters. The van der Waals surface area contributed by atoms with Crippen LogP contribution in [0, 0.1) is 0 Å². The third-order valence-electron chi connectivity index (χ3n) is 2.75. The van der Waals surface area contributed by atoms with Crippen LogP contribution < -0.4 is 10.0 Å². The fourth-order valence-electron chi connectivity index (χ4n) is 1.80. The van der Waals surface area contributed by atoms with Gasteiger partial charge < -0.3 is 5.32 Å². The number of nitrogens with one attached hydrogen (secondary N) is 2. The van der Waals surface area contributed by atoms with Crippen LogP contribution >= 0.6 is 11.6 Å². The van der Waals surface area contributed by atoms with Crippen LogP contribution in [0.2, 0.25) is 5.02 Å². The van der Waals surface area contributed by atoms with E-state index in [1.807, 2.05) is 0 Å². The number of hydrogen-bond acceptors (Lipinski definition) is 3. The van der Waals surface area contributed by atoms with E-state index in [1.54, 1.807) is 42.5 Å². The lowest BCUT2D eigenvalue weighted by Crippen LogP contribution is -2.10. The Labute approximate surface area is 140 Å². The number of anilines is 2. The average molecular weight is 351 g/mol. The van der Waals surface area contributed by atoms with Crippen molar-refractivity contribution >= 4 is 45.0 Å². The number of benzene rings is 2. The molecule has 0 heterocycles. The first-order chi connectivity index (χ1) is 10.8. The molecule has 0 unspecified atom stereocenters. The second kappa shape index (κ2) is 7.30. The van der Waals surface area contributed by atoms with E-state index in [1.165, 1.54) is 19.1 Å². The molecule has 5 nitrogen and oxygen atoms in total. The lowest BCUT2D eigenvalue weighted by atomic mass is 10.2. The van der Waals surface area contributed by atoms with Crippen molar-refractivity contribution in [1.29, 1.82) is 0 Å². The van der Waals surface area contributed by atoms with Crippen LogP contribution in [0.15, 0.2) is 53.9 Å². The smallest absolute Gasteiger partial charge is 0.255 e. The Morgan fingerprint density at radius 2 is 1.74 bits per heavy atom. The SMILES string of the molecule is CC(=O)Nc1cccc(NS(=O)(=O)/C=C/c2ccc(Cl)cc2)c1. The summed E-state index contributed by atoms with van der Waals surface area (Å²) in [5.74, 6) is -0.229. The lowest BCUT2D eigenvalue weighted by Gasteiger charge is -2.07. The summed E-state index contributed by atoms with van der Waals surface area (Å²) in [6, 6.07) is 13.2. The Bertz CT molecular complexity index is 831. The molecule has 2 rings (SSSR count). The molecule has 0 fully saturated rings. The van der Waals surface area contributed by atoms with E-state index in [9.17, 15) is 13.2 Å². The van der Waals surface area contributed by atoms with Crippen molar-refractivity contribution < 1.29 is 13.2 Å². The highest BCUT2D eigenvalue weighted by Crippen LogP contribution is 2.17. The number of carbonyl (C=O) groups excluding carboxylic acids is 1. The second-order valence-electron chi connectivity index (χ2n) is 4.76. The van der Waals surface area contributed by atoms with Crippen LogP contribution in [0.25, 0.3) is 6.08 Å². The summed E-state index contributed by atoms with van der Waals surface area (Å²) in [5, 5.41) is 4.24. The van der Waals surface area contributed by atoms with Crippen molar-refractivity contribution in [2.24, 2.45) is 0 Å². The van der Waals surface area contributed by atoms with Gasteiger partial charge in [0.05, 0.1) is 11.1 Å². The predicted octanol–water partition coefficient (Wildman–Crippen LogP) is 3.71. The van der Waals surface area contributed by atoms with E-state index in [4.69, 9.17) is 11.6 Å². The van der Waals surface area contributed by atoms with Gasteiger partial charge in [0.15, 0.2) is 0 Å². The Morgan fingerprint density at radius 1 is 1.09 bits per heavy atom. The first-order valence-electron chi connectivity index (χ1n) is 6.68. The van der Waals surface area contributed by atoms with Gasteiger partial charge in [-0.25, -0.2) is 8.42 Å². The topological polar surface area (TPSA) is 75.3 Å². The molecule has 7 heteroatoms. The van der Waals surface area contributed by atoms with E-state index >= 15 is 0 Å². The molecule has 1 amide bonds. The molecule has 23 heavy (non-hydrogen) atoms. The molecule has 2 N–H and O–H groups in total. The van der Waals surface area contributed by atoms with Gasteiger partial charge in [-0.15, -0.1) is 0 Å². The fraction of sp³-hybridized carbons (Fsp3) is 0.0625. The van der Waals surface area contributed by atoms with Crippen LogP contribution in [0.1, 0.15) is 12.5 Å². The van der Waals surface area contributed by atoms with Gasteiger partial charge in [0.2, 0.25) is 5.91 Å². The number of rotatable bonds is 5. The second-order valence-corrected chi connectivity index (χ2v) is 6.77. The van der Waals surface area contributed by atoms with Gasteiger partial charge >= 0.3 is 0 Å². The number of halogens is 1. The van der Waals surface area contributed by atoms with Crippen molar-refractivity contribution in [3.05, 3.63) is 64.5 Å². The molecular weight excluding hydrogens is 336 g/mol. The van der Waals surface area contributed by atoms with Crippen molar-refractivity contribution in [2.75, 3.05) is 10.0 Å². The Balaban J connectivity index is 2.11. The van der Waals surface area contributed by atoms with Crippen molar-refractivity contribution in [3.63, 3.8) is 0 Å². The van der Waals surface area contributed by atoms with E-state index in [0.29, 0.717) is 22.0 Å². The number of carbonyl (C=O) groups is 1. The summed E-state index contributed by atoms with van der Waals surface area (Å²) in [5.41, 5.74) is 1.59. The molecule has 0 aliphatic carbocycles. The Kier molecular flexibility index (Phi) is 5.41. The summed E-state index contributed by atoms with van der Waals surface area (Å²) in [6.07, 6.45) is 1.47. The lowest BCUT2D eigenvalue weighted by molar-refractivity contribution is -0.114. The molecule has 0 aliphatic heterocycles. The van der Waals surface area contributed by atoms with Crippen LogP contribution in [-0.4, -0.2) is 14.3 Å². The zero-order valence-electron chi connectivity index (χ0n) is 12.3. The van der Waals surface area contributed by atoms with E-state index < -0.39 is 10.0 Å². The van der Waals surface area contributed by atoms with Crippen molar-refractivity contribution in [2.45, 2.75) is 6.92 Å². The zero-order valence-corrected chi connectivity index (χ0v) is 13.9. The molecule has 0 aliphatic rings. The number of hydrogen-bond donors (Lipinski definition) is 2. The number of sulfonamides is 1. The van der Waals surface area contributed by atoms with Gasteiger partial charge in [0.1, 0.15) is 0 Å². The third-order valence-corrected chi connectivity index (χ3v) is 4.02. The minimum Gasteiger partial charge on any atom is -0.326 e. The highest BCUT2D eigenvalue weighted by atomic mass is 35.5. The highest BCUT2D eigenvalue weighted by Gasteiger charge is 2.06. The van der Waals surface area contributed by atoms with Crippen LogP contribution in [0.3, 0.4) is 0 Å². The monoisotopic (exact) mass is 350 g/mol. The molecule has 0 saturated heterocycles. The minimum absolute atomic E-state index is 0.229. The van der Waals surface area contributed by atoms with E-state index in [-0.39, 0.29) is 5.91 Å². The van der Waals surface area contributed by atoms with Gasteiger partial charge in [-0.2, -0.15) is 0 Å². The first-order valence-corrected chi connectivity index (χ1v) is 8.61. The van der Waals surface area contributed by atoms with E-state index in [2.05, 4.69) is 10.0 Å². The summed E-state index contributed by atoms with van der Waals surface area (Å²) >= 11 is 5.78. The van der Waals surface area contributed by atoms with Crippen LogP contribution in [0.5, 0.6) is 0 Å². The van der Waals surface area contributed by atoms with Gasteiger partial charge in [0.25, 0.3) is 10.0 Å². The zero-order chi connectivity index (χ0) is 16.9. The normalized spacial score (nSPS) is 11.4. The third kappa shape index (κ3) is 5.77. The van der Waals surface area contributed by atoms with E-state index in [0.717, 1.165) is 5.41 Å². The van der Waals surface area contributed by atoms with Gasteiger partial charge in [-0.05, 0) is 42.0 Å². The maximum atomic E-state index is 12.1. The summed E-state index contributed by atoms with van der Waals surface area (Å²) in [7, 11) is -3.66. The van der Waals surface area contributed by atoms with Crippen LogP contribution in [0.4, 0.5) is 11.4 Å². The van der Waals surface area contributed by atoms with Gasteiger partial charge in [0, 0.05) is 17.6 Å². The molecule has 0 aromatic heterocycles. The molecule has 0 radical (unpaired) electrons. The molecule has 2 aromatic carbocycles. The summed E-state index contributed by atoms with van der Waals surface area (Å²) in [4.78, 5) is 11.0. The highest BCUT2D eigenvalue weighted by molar-refractivity contribution is 7.95. The molecule has 2 aromatic rings. The van der Waals surface area contributed by atoms with Crippen molar-refractivity contribution in [1.82, 2.24) is 0 Å². The van der Waals surface area contributed by atoms with Crippen LogP contribution in [-0.2, 0) is 14.8 Å². The molecule has 0 bridgehead atoms. The maximum Gasteiger partial charge on any atom is 0.255 e. The minimum atomic E-state index is -3.66. The predicted molar refractivity (Wildman–Crippen MR) is 93.8 cm³/mol. The molecule has 120 valence electrons. The largest absolute Gasteiger partial charge is 0.326 e. The quantitative estimate of drug-likeness (QED) is 0.863. The maximum absolute atomic E-state index is 12.1. The molecule has 0 saturated carbocycles. The van der Waals surface area contributed by atoms with Crippen molar-refractivity contribution in [3.8, 4) is 0 Å². The summed E-state index contributed by atoms with van der Waals surface area (Å²) < 4.78 is 26.5. The fourth-order valence-corrected chi connectivity index (χ4v) is 2.79. The first kappa shape index (κ1) is 17.1. The van der Waals surface area contributed by atoms with Gasteiger partial charge in [-0.1, -0.05) is 29.8 Å². The summed E-state index contributed by atoms with van der Waals surface area (Å²) in [6.45, 7) is 1.38. The Hall–Kier alpha value is -2.31. The Morgan fingerprint density at radius 3 is 2.39 bits per heavy atom. The van der Waals surface area contributed by atoms with Gasteiger partial charge in [-0.3, -0.25) is 9.52 Å². The average Bonchev–Trinajstić information content (AvgIpc) is 2.46. The molecular formula is C16H15ClN2O3S. The molecule has 0 spiro atoms. The standard InChI is InChI=1S/C16H15ClN2O3S/c1-12(20)18-15-3-2-4-16(11-15)19-23(21,22)10-9-13-5-7-14(17)8-6-13/h2-11,19H,1H3,(H,18,20)/b10-9+.